The van der Waals surface area contributed by atoms with Gasteiger partial charge in [0.05, 0.1) is 52.3 Å². The van der Waals surface area contributed by atoms with E-state index in [1.807, 2.05) is 0 Å². The number of aliphatic hydroxyl groups is 11. The topological polar surface area (TPSA) is 354 Å². The Bertz CT molecular complexity index is 2140. The highest BCUT2D eigenvalue weighted by Crippen LogP contribution is 2.44. The van der Waals surface area contributed by atoms with Crippen LogP contribution in [-0.4, -0.2) is 214 Å². The average molecular weight is 945 g/mol. The minimum atomic E-state index is -2.04. The van der Waals surface area contributed by atoms with E-state index in [4.69, 9.17) is 56.5 Å². The number of rotatable bonds is 14. The molecule has 0 spiro atoms. The minimum Gasteiger partial charge on any atom is -0.497 e. The van der Waals surface area contributed by atoms with Crippen LogP contribution in [0.3, 0.4) is 0 Å². The Kier molecular flexibility index (Phi) is 15.7. The Labute approximate surface area is 375 Å². The number of hydrogen-bond donors (Lipinski definition) is 11. The number of benzene rings is 2. The molecule has 4 fully saturated rings. The maximum absolute atomic E-state index is 14.0. The van der Waals surface area contributed by atoms with E-state index in [1.165, 1.54) is 47.5 Å². The molecule has 4 saturated heterocycles. The van der Waals surface area contributed by atoms with E-state index < -0.39 is 141 Å². The van der Waals surface area contributed by atoms with Crippen LogP contribution in [0.15, 0.2) is 45.8 Å². The first kappa shape index (κ1) is 50.0. The maximum Gasteiger partial charge on any atom is 0.229 e. The van der Waals surface area contributed by atoms with E-state index in [9.17, 15) is 61.0 Å². The molecule has 1 aromatic heterocycles. The Morgan fingerprint density at radius 3 is 1.61 bits per heavy atom. The Morgan fingerprint density at radius 1 is 0.545 bits per heavy atom. The Morgan fingerprint density at radius 2 is 1.06 bits per heavy atom. The third-order valence-corrected chi connectivity index (χ3v) is 12.1. The highest BCUT2D eigenvalue weighted by molar-refractivity contribution is 5.91. The molecular formula is C42H56O24. The largest absolute Gasteiger partial charge is 0.497 e. The molecule has 0 radical (unpaired) electrons. The summed E-state index contributed by atoms with van der Waals surface area (Å²) in [5.74, 6) is 0.00247. The fraction of sp³-hybridized carbons (Fsp3) is 0.643. The van der Waals surface area contributed by atoms with Crippen LogP contribution < -0.4 is 24.4 Å². The molecule has 2 aromatic carbocycles. The van der Waals surface area contributed by atoms with Crippen molar-refractivity contribution in [3.8, 4) is 34.1 Å². The third kappa shape index (κ3) is 9.71. The highest BCUT2D eigenvalue weighted by Gasteiger charge is 2.53. The molecular weight excluding hydrogens is 888 g/mol. The van der Waals surface area contributed by atoms with Gasteiger partial charge in [0.15, 0.2) is 30.4 Å². The lowest BCUT2D eigenvalue weighted by molar-refractivity contribution is -0.363. The van der Waals surface area contributed by atoms with Crippen molar-refractivity contribution in [2.45, 2.75) is 137 Å². The van der Waals surface area contributed by atoms with Gasteiger partial charge in [-0.1, -0.05) is 12.1 Å². The summed E-state index contributed by atoms with van der Waals surface area (Å²) in [7, 11) is 4.00. The average Bonchev–Trinajstić information content (AvgIpc) is 3.31. The van der Waals surface area contributed by atoms with E-state index in [2.05, 4.69) is 0 Å². The van der Waals surface area contributed by atoms with Gasteiger partial charge < -0.3 is 113 Å². The van der Waals surface area contributed by atoms with Crippen LogP contribution in [0.25, 0.3) is 22.1 Å². The second-order valence-corrected chi connectivity index (χ2v) is 16.3. The summed E-state index contributed by atoms with van der Waals surface area (Å²) in [5.41, 5.74) is 0.0838. The van der Waals surface area contributed by atoms with E-state index >= 15 is 0 Å². The van der Waals surface area contributed by atoms with Gasteiger partial charge in [0.2, 0.25) is 17.5 Å². The molecule has 7 rings (SSSR count). The summed E-state index contributed by atoms with van der Waals surface area (Å²) in [5, 5.41) is 118. The summed E-state index contributed by atoms with van der Waals surface area (Å²) in [6.07, 6.45) is -32.4. The lowest BCUT2D eigenvalue weighted by Gasteiger charge is -2.47. The van der Waals surface area contributed by atoms with Crippen LogP contribution in [0, 0.1) is 0 Å². The molecule has 4 aliphatic rings. The smallest absolute Gasteiger partial charge is 0.229 e. The van der Waals surface area contributed by atoms with Crippen molar-refractivity contribution >= 4 is 11.0 Å². The second kappa shape index (κ2) is 20.8. The van der Waals surface area contributed by atoms with Crippen molar-refractivity contribution < 1.29 is 113 Å². The van der Waals surface area contributed by atoms with Gasteiger partial charge in [0.1, 0.15) is 108 Å². The molecule has 24 nitrogen and oxygen atoms in total. The van der Waals surface area contributed by atoms with Gasteiger partial charge >= 0.3 is 0 Å². The van der Waals surface area contributed by atoms with Crippen molar-refractivity contribution in [3.63, 3.8) is 0 Å². The van der Waals surface area contributed by atoms with Gasteiger partial charge in [-0.25, -0.2) is 0 Å². The van der Waals surface area contributed by atoms with Crippen molar-refractivity contribution in [1.29, 1.82) is 0 Å². The molecule has 0 amide bonds. The number of fused-ring (bicyclic) bond motifs is 1. The van der Waals surface area contributed by atoms with Crippen molar-refractivity contribution in [2.75, 3.05) is 34.5 Å². The molecule has 5 heterocycles. The molecule has 368 valence electrons. The lowest BCUT2D eigenvalue weighted by atomic mass is 9.96. The monoisotopic (exact) mass is 944 g/mol. The first-order valence-electron chi connectivity index (χ1n) is 20.9. The zero-order chi connectivity index (χ0) is 47.9. The van der Waals surface area contributed by atoms with Gasteiger partial charge in [-0.3, -0.25) is 4.79 Å². The zero-order valence-electron chi connectivity index (χ0n) is 36.2. The number of aliphatic hydroxyl groups excluding tert-OH is 11. The number of ether oxygens (including phenoxy) is 11. The van der Waals surface area contributed by atoms with E-state index in [1.54, 1.807) is 24.3 Å². The second-order valence-electron chi connectivity index (χ2n) is 16.3. The molecule has 0 unspecified atom stereocenters. The molecule has 4 aliphatic heterocycles. The van der Waals surface area contributed by atoms with Crippen LogP contribution in [0.1, 0.15) is 13.8 Å². The summed E-state index contributed by atoms with van der Waals surface area (Å²) in [6.45, 7) is 1.49. The normalized spacial score (nSPS) is 39.6. The zero-order valence-corrected chi connectivity index (χ0v) is 36.2. The molecule has 0 bridgehead atoms. The summed E-state index contributed by atoms with van der Waals surface area (Å²) >= 11 is 0. The van der Waals surface area contributed by atoms with Crippen molar-refractivity contribution in [2.24, 2.45) is 0 Å². The first-order valence-corrected chi connectivity index (χ1v) is 20.9. The van der Waals surface area contributed by atoms with E-state index in [0.717, 1.165) is 0 Å². The predicted octanol–water partition coefficient (Wildman–Crippen LogP) is -3.81. The van der Waals surface area contributed by atoms with Gasteiger partial charge in [-0.2, -0.15) is 0 Å². The molecule has 0 saturated carbocycles. The molecule has 11 N–H and O–H groups in total. The molecule has 0 aliphatic carbocycles. The highest BCUT2D eigenvalue weighted by atomic mass is 16.8. The molecule has 24 heteroatoms. The molecule has 66 heavy (non-hydrogen) atoms. The lowest BCUT2D eigenvalue weighted by Crippen LogP contribution is -2.66. The van der Waals surface area contributed by atoms with Crippen LogP contribution in [0.4, 0.5) is 0 Å². The minimum absolute atomic E-state index is 0.0498. The van der Waals surface area contributed by atoms with Crippen molar-refractivity contribution in [1.82, 2.24) is 0 Å². The van der Waals surface area contributed by atoms with Gasteiger partial charge in [-0.05, 0) is 31.5 Å². The standard InChI is InChI=1S/C42H56O24/c1-14-24(43)29(48)32(51)39(61-14)59-12-21-27(46)31(50)34(53)41(64-21)66-38-28(47)22(13-60-40-33(52)30(49)25(44)15(2)62-40)65-42(35(38)54)63-20-10-19-23(37(57-5)36(20)56-4)26(45)18(11-58-19)16-6-8-17(55-3)9-7-16/h6-11,14-15,21-22,24-25,27-35,38-44,46-54H,12-13H2,1-5H3/t14-,15-,21+,22+,24-,25-,27+,28+,29+,30+,31-,32+,33+,34+,35+,38-,39+,40-,41-,42+/m0/s1. The van der Waals surface area contributed by atoms with Crippen LogP contribution >= 0.6 is 0 Å². The third-order valence-electron chi connectivity index (χ3n) is 12.1. The van der Waals surface area contributed by atoms with Crippen LogP contribution in [0.5, 0.6) is 23.0 Å². The predicted molar refractivity (Wildman–Crippen MR) is 217 cm³/mol. The Hall–Kier alpha value is -3.87. The summed E-state index contributed by atoms with van der Waals surface area (Å²) in [6, 6.07) is 7.89. The van der Waals surface area contributed by atoms with E-state index in [0.29, 0.717) is 11.3 Å². The van der Waals surface area contributed by atoms with Gasteiger partial charge in [0, 0.05) is 6.07 Å². The molecule has 20 atom stereocenters. The quantitative estimate of drug-likeness (QED) is 0.0738. The molecule has 3 aromatic rings. The van der Waals surface area contributed by atoms with Crippen LogP contribution in [-0.2, 0) is 33.2 Å². The fourth-order valence-corrected chi connectivity index (χ4v) is 8.08. The van der Waals surface area contributed by atoms with E-state index in [-0.39, 0.29) is 33.8 Å². The summed E-state index contributed by atoms with van der Waals surface area (Å²) < 4.78 is 68.5. The number of methoxy groups -OCH3 is 3. The van der Waals surface area contributed by atoms with Gasteiger partial charge in [-0.15, -0.1) is 0 Å². The first-order chi connectivity index (χ1) is 31.4. The Balaban J connectivity index is 1.17. The SMILES string of the molecule is COc1ccc(-c2coc3cc(O[C@@H]4O[C@H](CO[C@H]5O[C@@H](C)[C@H](O)[C@@H](O)[C@H]5O)[C@@H](O)[C@H](O[C@@H]5O[C@H](CO[C@@H]6O[C@@H](C)[C@H](O)[C@@H](O)[C@H]6O)[C@@H](O)[C@H](O)[C@H]5O)[C@H]4O)c(OC)c(OC)c3c2=O)cc1. The van der Waals surface area contributed by atoms with Crippen LogP contribution in [0.2, 0.25) is 0 Å². The fourth-order valence-electron chi connectivity index (χ4n) is 8.08. The maximum atomic E-state index is 14.0. The number of hydrogen-bond acceptors (Lipinski definition) is 24. The van der Waals surface area contributed by atoms with Crippen molar-refractivity contribution in [3.05, 3.63) is 46.8 Å². The van der Waals surface area contributed by atoms with Gasteiger partial charge in [0.25, 0.3) is 0 Å². The summed E-state index contributed by atoms with van der Waals surface area (Å²) in [4.78, 5) is 14.0.